The molecule has 174 valence electrons. The molecule has 10 heteroatoms. The highest BCUT2D eigenvalue weighted by Crippen LogP contribution is 2.61. The van der Waals surface area contributed by atoms with Crippen LogP contribution in [0.2, 0.25) is 0 Å². The minimum Gasteiger partial charge on any atom is -0.435 e. The van der Waals surface area contributed by atoms with Gasteiger partial charge in [0.05, 0.1) is 23.6 Å². The quantitative estimate of drug-likeness (QED) is 0.454. The fraction of sp³-hybridized carbons (Fsp3) is 0.292. The number of anilines is 1. The van der Waals surface area contributed by atoms with Crippen LogP contribution < -0.4 is 10.5 Å². The van der Waals surface area contributed by atoms with Crippen molar-refractivity contribution in [2.24, 2.45) is 5.92 Å². The van der Waals surface area contributed by atoms with Crippen molar-refractivity contribution in [3.63, 3.8) is 0 Å². The van der Waals surface area contributed by atoms with Crippen molar-refractivity contribution >= 4 is 28.3 Å². The molecule has 0 radical (unpaired) electrons. The van der Waals surface area contributed by atoms with Gasteiger partial charge in [0.1, 0.15) is 22.9 Å². The van der Waals surface area contributed by atoms with Crippen LogP contribution in [0.5, 0.6) is 5.75 Å². The third-order valence-electron chi connectivity index (χ3n) is 7.03. The third-order valence-corrected chi connectivity index (χ3v) is 7.03. The molecule has 0 spiro atoms. The van der Waals surface area contributed by atoms with E-state index in [-0.39, 0.29) is 29.3 Å². The first-order valence-electron chi connectivity index (χ1n) is 10.9. The molecule has 34 heavy (non-hydrogen) atoms. The molecule has 2 N–H and O–H groups in total. The molecule has 2 bridgehead atoms. The Kier molecular flexibility index (Phi) is 4.48. The number of aromatic nitrogens is 3. The smallest absolute Gasteiger partial charge is 0.387 e. The van der Waals surface area contributed by atoms with E-state index in [0.29, 0.717) is 33.8 Å². The molecular weight excluding hydrogens is 447 g/mol. The Balaban J connectivity index is 1.36. The van der Waals surface area contributed by atoms with Crippen LogP contribution in [-0.4, -0.2) is 37.3 Å². The Morgan fingerprint density at radius 3 is 2.68 bits per heavy atom. The van der Waals surface area contributed by atoms with Gasteiger partial charge < -0.3 is 15.4 Å². The van der Waals surface area contributed by atoms with E-state index in [0.717, 1.165) is 25.3 Å². The van der Waals surface area contributed by atoms with Crippen molar-refractivity contribution in [1.29, 1.82) is 0 Å². The molecule has 2 aromatic heterocycles. The highest BCUT2D eigenvalue weighted by atomic mass is 19.3. The lowest BCUT2D eigenvalue weighted by Gasteiger charge is -2.66. The van der Waals surface area contributed by atoms with Gasteiger partial charge in [-0.05, 0) is 49.4 Å². The van der Waals surface area contributed by atoms with Gasteiger partial charge in [-0.3, -0.25) is 9.20 Å². The molecule has 3 saturated carbocycles. The first kappa shape index (κ1) is 20.8. The maximum atomic E-state index is 14.7. The predicted octanol–water partition coefficient (Wildman–Crippen LogP) is 4.40. The number of hydrogen-bond acceptors (Lipinski definition) is 5. The van der Waals surface area contributed by atoms with Crippen molar-refractivity contribution in [3.05, 3.63) is 65.9 Å². The second-order valence-electron chi connectivity index (χ2n) is 9.08. The number of halogens is 3. The van der Waals surface area contributed by atoms with Crippen LogP contribution in [-0.2, 0) is 6.54 Å². The normalized spacial score (nSPS) is 20.9. The van der Waals surface area contributed by atoms with Crippen molar-refractivity contribution in [2.75, 3.05) is 5.73 Å². The summed E-state index contributed by atoms with van der Waals surface area (Å²) in [4.78, 5) is 24.0. The SMILES string of the molecule is Nc1nc2ccc(C(=O)N(Cc3ccc(OC(F)F)cc3F)C34CC(C3)C4)cc2n2cncc12. The second kappa shape index (κ2) is 7.34. The van der Waals surface area contributed by atoms with Crippen molar-refractivity contribution in [2.45, 2.75) is 38.0 Å². The zero-order chi connectivity index (χ0) is 23.6. The fourth-order valence-electron chi connectivity index (χ4n) is 5.18. The lowest BCUT2D eigenvalue weighted by molar-refractivity contribution is -0.127. The molecular formula is C24H20F3N5O2. The van der Waals surface area contributed by atoms with Crippen molar-refractivity contribution in [3.8, 4) is 5.75 Å². The topological polar surface area (TPSA) is 85.8 Å². The van der Waals surface area contributed by atoms with Crippen LogP contribution in [0.1, 0.15) is 35.2 Å². The van der Waals surface area contributed by atoms with Gasteiger partial charge in [0.15, 0.2) is 0 Å². The van der Waals surface area contributed by atoms with Crippen LogP contribution in [0, 0.1) is 11.7 Å². The molecule has 3 fully saturated rings. The zero-order valence-electron chi connectivity index (χ0n) is 17.9. The molecule has 4 aromatic rings. The number of nitrogens with two attached hydrogens (primary N) is 1. The van der Waals surface area contributed by atoms with Crippen LogP contribution in [0.25, 0.3) is 16.6 Å². The molecule has 0 aliphatic heterocycles. The van der Waals surface area contributed by atoms with E-state index < -0.39 is 12.4 Å². The molecule has 0 unspecified atom stereocenters. The molecule has 3 aliphatic carbocycles. The number of amides is 1. The van der Waals surface area contributed by atoms with Crippen LogP contribution in [0.4, 0.5) is 19.0 Å². The number of carbonyl (C=O) groups excluding carboxylic acids is 1. The summed E-state index contributed by atoms with van der Waals surface area (Å²) < 4.78 is 45.7. The molecule has 7 nitrogen and oxygen atoms in total. The van der Waals surface area contributed by atoms with Crippen molar-refractivity contribution < 1.29 is 22.7 Å². The number of ether oxygens (including phenoxy) is 1. The van der Waals surface area contributed by atoms with Gasteiger partial charge in [-0.2, -0.15) is 8.78 Å². The van der Waals surface area contributed by atoms with Crippen LogP contribution in [0.3, 0.4) is 0 Å². The van der Waals surface area contributed by atoms with Gasteiger partial charge in [0.2, 0.25) is 0 Å². The first-order valence-corrected chi connectivity index (χ1v) is 10.9. The number of nitrogens with zero attached hydrogens (tertiary/aromatic N) is 4. The summed E-state index contributed by atoms with van der Waals surface area (Å²) in [6.07, 6.45) is 5.86. The monoisotopic (exact) mass is 467 g/mol. The first-order chi connectivity index (χ1) is 16.3. The number of imidazole rings is 1. The largest absolute Gasteiger partial charge is 0.435 e. The summed E-state index contributed by atoms with van der Waals surface area (Å²) in [7, 11) is 0. The van der Waals surface area contributed by atoms with E-state index in [4.69, 9.17) is 5.73 Å². The summed E-state index contributed by atoms with van der Waals surface area (Å²) in [5.74, 6) is -0.241. The Hall–Kier alpha value is -3.82. The zero-order valence-corrected chi connectivity index (χ0v) is 17.9. The molecule has 0 saturated heterocycles. The van der Waals surface area contributed by atoms with E-state index in [9.17, 15) is 18.0 Å². The Morgan fingerprint density at radius 1 is 1.21 bits per heavy atom. The number of fused-ring (bicyclic) bond motifs is 3. The molecule has 3 aliphatic rings. The van der Waals surface area contributed by atoms with E-state index in [2.05, 4.69) is 14.7 Å². The predicted molar refractivity (Wildman–Crippen MR) is 118 cm³/mol. The second-order valence-corrected chi connectivity index (χ2v) is 9.08. The van der Waals surface area contributed by atoms with Gasteiger partial charge in [0, 0.05) is 29.3 Å². The molecule has 2 aromatic carbocycles. The van der Waals surface area contributed by atoms with E-state index in [1.807, 2.05) is 0 Å². The number of hydrogen-bond donors (Lipinski definition) is 1. The average Bonchev–Trinajstić information content (AvgIpc) is 3.23. The lowest BCUT2D eigenvalue weighted by Crippen LogP contribution is -2.69. The minimum atomic E-state index is -3.04. The molecule has 2 heterocycles. The van der Waals surface area contributed by atoms with Gasteiger partial charge >= 0.3 is 6.61 Å². The Bertz CT molecular complexity index is 1440. The summed E-state index contributed by atoms with van der Waals surface area (Å²) in [6, 6.07) is 8.77. The van der Waals surface area contributed by atoms with E-state index >= 15 is 0 Å². The van der Waals surface area contributed by atoms with E-state index in [1.54, 1.807) is 40.0 Å². The van der Waals surface area contributed by atoms with Gasteiger partial charge in [-0.15, -0.1) is 0 Å². The fourth-order valence-corrected chi connectivity index (χ4v) is 5.18. The lowest BCUT2D eigenvalue weighted by atomic mass is 9.49. The number of benzene rings is 2. The molecule has 1 amide bonds. The summed E-state index contributed by atoms with van der Waals surface area (Å²) in [5.41, 5.74) is 8.34. The maximum absolute atomic E-state index is 14.7. The van der Waals surface area contributed by atoms with E-state index in [1.165, 1.54) is 12.1 Å². The summed E-state index contributed by atoms with van der Waals surface area (Å²) >= 11 is 0. The summed E-state index contributed by atoms with van der Waals surface area (Å²) in [6.45, 7) is -3.01. The van der Waals surface area contributed by atoms with Gasteiger partial charge in [-0.1, -0.05) is 6.07 Å². The number of nitrogen functional groups attached to an aromatic ring is 1. The van der Waals surface area contributed by atoms with Crippen LogP contribution >= 0.6 is 0 Å². The number of carbonyl (C=O) groups is 1. The number of rotatable bonds is 6. The Labute approximate surface area is 192 Å². The van der Waals surface area contributed by atoms with Gasteiger partial charge in [0.25, 0.3) is 5.91 Å². The average molecular weight is 467 g/mol. The molecule has 0 atom stereocenters. The van der Waals surface area contributed by atoms with Crippen molar-refractivity contribution in [1.82, 2.24) is 19.3 Å². The minimum absolute atomic E-state index is 0.0326. The standard InChI is InChI=1S/C24H20F3N5O2/c25-17-6-16(34-23(26)27)3-1-15(17)11-32(24-7-13(8-24)9-24)22(33)14-2-4-18-19(5-14)31-12-29-10-20(31)21(28)30-18/h1-6,10,12-13,23H,7-9,11H2,(H2,28,30). The third kappa shape index (κ3) is 3.16. The van der Waals surface area contributed by atoms with Crippen LogP contribution in [0.15, 0.2) is 48.9 Å². The Morgan fingerprint density at radius 2 is 2.00 bits per heavy atom. The van der Waals surface area contributed by atoms with Gasteiger partial charge in [-0.25, -0.2) is 14.4 Å². The highest BCUT2D eigenvalue weighted by molar-refractivity contribution is 5.98. The summed E-state index contributed by atoms with van der Waals surface area (Å²) in [5, 5.41) is 0. The highest BCUT2D eigenvalue weighted by Gasteiger charge is 2.61. The number of alkyl halides is 2. The molecule has 7 rings (SSSR count). The maximum Gasteiger partial charge on any atom is 0.387 e.